The Morgan fingerprint density at radius 3 is 1.16 bits per heavy atom. The summed E-state index contributed by atoms with van der Waals surface area (Å²) in [6.45, 7) is 4.31. The molecule has 0 saturated heterocycles. The van der Waals surface area contributed by atoms with E-state index in [1.54, 1.807) is 0 Å². The van der Waals surface area contributed by atoms with E-state index < -0.39 is 69.6 Å². The van der Waals surface area contributed by atoms with Crippen molar-refractivity contribution in [3.8, 4) is 11.5 Å². The summed E-state index contributed by atoms with van der Waals surface area (Å²) in [6, 6.07) is 15.4. The van der Waals surface area contributed by atoms with Crippen molar-refractivity contribution in [1.29, 1.82) is 0 Å². The third kappa shape index (κ3) is 12.4. The van der Waals surface area contributed by atoms with Gasteiger partial charge in [-0.1, -0.05) is 0 Å². The first-order chi connectivity index (χ1) is 25.8. The topological polar surface area (TPSA) is 203 Å². The molecule has 4 rings (SSSR count). The van der Waals surface area contributed by atoms with Crippen molar-refractivity contribution in [2.45, 2.75) is 51.2 Å². The van der Waals surface area contributed by atoms with Gasteiger partial charge in [-0.15, -0.1) is 0 Å². The van der Waals surface area contributed by atoms with Gasteiger partial charge in [0.15, 0.2) is 11.2 Å². The second kappa shape index (κ2) is 17.5. The van der Waals surface area contributed by atoms with Crippen LogP contribution in [0.3, 0.4) is 0 Å². The van der Waals surface area contributed by atoms with Crippen molar-refractivity contribution in [1.82, 2.24) is 0 Å². The summed E-state index contributed by atoms with van der Waals surface area (Å²) in [5.41, 5.74) is -4.81. The third-order valence-electron chi connectivity index (χ3n) is 7.68. The molecule has 0 saturated carbocycles. The second-order valence-electron chi connectivity index (χ2n) is 12.6. The third-order valence-corrected chi connectivity index (χ3v) is 7.68. The van der Waals surface area contributed by atoms with Crippen molar-refractivity contribution in [3.63, 3.8) is 0 Å². The molecule has 2 atom stereocenters. The van der Waals surface area contributed by atoms with E-state index in [-0.39, 0.29) is 34.2 Å². The van der Waals surface area contributed by atoms with Gasteiger partial charge in [-0.2, -0.15) is 26.3 Å². The Hall–Kier alpha value is -6.28. The molecule has 0 aliphatic carbocycles. The maximum Gasteiger partial charge on any atom is 0.416 e. The molecule has 0 aromatic heterocycles. The van der Waals surface area contributed by atoms with Crippen molar-refractivity contribution in [3.05, 3.63) is 127 Å². The van der Waals surface area contributed by atoms with Crippen molar-refractivity contribution in [2.75, 3.05) is 23.8 Å². The van der Waals surface area contributed by atoms with E-state index in [2.05, 4.69) is 10.6 Å². The van der Waals surface area contributed by atoms with Crippen LogP contribution < -0.4 is 20.1 Å². The molecule has 4 aromatic carbocycles. The highest BCUT2D eigenvalue weighted by molar-refractivity contribution is 5.97. The molecule has 0 heterocycles. The van der Waals surface area contributed by atoms with E-state index in [4.69, 9.17) is 9.47 Å². The van der Waals surface area contributed by atoms with E-state index >= 15 is 0 Å². The number of ether oxygens (including phenoxy) is 2. The molecular weight excluding hydrogens is 762 g/mol. The van der Waals surface area contributed by atoms with Crippen LogP contribution in [0.1, 0.15) is 36.1 Å². The summed E-state index contributed by atoms with van der Waals surface area (Å²) in [5.74, 6) is -1.58. The number of aryl methyl sites for hydroxylation is 2. The number of nitro groups is 2. The smallest absolute Gasteiger partial charge is 0.416 e. The number of aliphatic hydroxyl groups is 2. The van der Waals surface area contributed by atoms with Crippen molar-refractivity contribution >= 4 is 34.6 Å². The minimum absolute atomic E-state index is 0.0484. The minimum atomic E-state index is -4.48. The summed E-state index contributed by atoms with van der Waals surface area (Å²) >= 11 is 0. The van der Waals surface area contributed by atoms with Crippen LogP contribution >= 0.6 is 0 Å². The number of nitro benzene ring substituents is 2. The number of nitrogens with one attached hydrogen (secondary N) is 2. The van der Waals surface area contributed by atoms with Gasteiger partial charge in [-0.25, -0.2) is 0 Å². The first-order valence-corrected chi connectivity index (χ1v) is 16.0. The van der Waals surface area contributed by atoms with Crippen LogP contribution in [0.5, 0.6) is 11.5 Å². The van der Waals surface area contributed by atoms with Gasteiger partial charge in [-0.3, -0.25) is 29.8 Å². The van der Waals surface area contributed by atoms with Gasteiger partial charge >= 0.3 is 12.4 Å². The lowest BCUT2D eigenvalue weighted by Crippen LogP contribution is -2.45. The maximum atomic E-state index is 12.5. The van der Waals surface area contributed by atoms with Crippen LogP contribution in [0.25, 0.3) is 0 Å². The van der Waals surface area contributed by atoms with Crippen LogP contribution in [0, 0.1) is 34.1 Å². The molecule has 0 spiro atoms. The molecule has 0 fully saturated rings. The average molecular weight is 797 g/mol. The molecular formula is C36H34F6N4O10. The Bertz CT molecular complexity index is 1910. The first kappa shape index (κ1) is 44.1. The van der Waals surface area contributed by atoms with Crippen LogP contribution in [0.2, 0.25) is 0 Å². The SMILES string of the molecule is Cc1cc(NC(=O)C(C)(O)COc2ccc(C(F)(F)F)cc2)ccc1[N+](=O)[O-].Cc1cc(NC(=O)C(C)(O)COc2ccc(C(F)(F)F)cc2)ccc1[N+](=O)[O-]. The number of rotatable bonds is 12. The fraction of sp³-hybridized carbons (Fsp3) is 0.278. The normalized spacial score (nSPS) is 13.5. The number of benzene rings is 4. The Kier molecular flexibility index (Phi) is 13.8. The van der Waals surface area contributed by atoms with Gasteiger partial charge < -0.3 is 30.3 Å². The largest absolute Gasteiger partial charge is 0.490 e. The van der Waals surface area contributed by atoms with Crippen molar-refractivity contribution in [2.24, 2.45) is 0 Å². The zero-order valence-electron chi connectivity index (χ0n) is 29.8. The number of amides is 2. The quantitative estimate of drug-likeness (QED) is 0.0636. The molecule has 20 heteroatoms. The minimum Gasteiger partial charge on any atom is -0.490 e. The standard InChI is InChI=1S/2C18H17F3N2O5/c2*1-11-9-13(5-8-15(11)23(26)27)22-16(24)17(2,25)10-28-14-6-3-12(4-7-14)18(19,20)21/h2*3-9,25H,10H2,1-2H3,(H,22,24). The van der Waals surface area contributed by atoms with Crippen molar-refractivity contribution < 1.29 is 65.5 Å². The van der Waals surface area contributed by atoms with Gasteiger partial charge in [0.05, 0.1) is 21.0 Å². The Morgan fingerprint density at radius 1 is 0.607 bits per heavy atom. The highest BCUT2D eigenvalue weighted by Crippen LogP contribution is 2.32. The van der Waals surface area contributed by atoms with Crippen LogP contribution in [0.15, 0.2) is 84.9 Å². The molecule has 2 unspecified atom stereocenters. The number of hydrogen-bond donors (Lipinski definition) is 4. The first-order valence-electron chi connectivity index (χ1n) is 16.0. The van der Waals surface area contributed by atoms with E-state index in [1.807, 2.05) is 0 Å². The van der Waals surface area contributed by atoms with Gasteiger partial charge in [0, 0.05) is 34.6 Å². The van der Waals surface area contributed by atoms with Gasteiger partial charge in [0.2, 0.25) is 0 Å². The zero-order chi connectivity index (χ0) is 42.2. The van der Waals surface area contributed by atoms with Gasteiger partial charge in [-0.05, 0) is 100 Å². The predicted molar refractivity (Wildman–Crippen MR) is 188 cm³/mol. The Balaban J connectivity index is 0.000000300. The van der Waals surface area contributed by atoms with Gasteiger partial charge in [0.25, 0.3) is 23.2 Å². The summed E-state index contributed by atoms with van der Waals surface area (Å²) < 4.78 is 85.6. The van der Waals surface area contributed by atoms with E-state index in [0.717, 1.165) is 48.5 Å². The van der Waals surface area contributed by atoms with Crippen LogP contribution in [0.4, 0.5) is 49.1 Å². The molecule has 4 N–H and O–H groups in total. The lowest BCUT2D eigenvalue weighted by Gasteiger charge is -2.22. The van der Waals surface area contributed by atoms with Gasteiger partial charge in [0.1, 0.15) is 24.7 Å². The molecule has 56 heavy (non-hydrogen) atoms. The average Bonchev–Trinajstić information content (AvgIpc) is 3.09. The molecule has 14 nitrogen and oxygen atoms in total. The Morgan fingerprint density at radius 2 is 0.911 bits per heavy atom. The predicted octanol–water partition coefficient (Wildman–Crippen LogP) is 7.38. The maximum absolute atomic E-state index is 12.5. The number of hydrogen-bond acceptors (Lipinski definition) is 10. The lowest BCUT2D eigenvalue weighted by atomic mass is 10.1. The second-order valence-corrected chi connectivity index (χ2v) is 12.6. The number of nitrogens with zero attached hydrogens (tertiary/aromatic N) is 2. The fourth-order valence-electron chi connectivity index (χ4n) is 4.47. The molecule has 2 amide bonds. The molecule has 300 valence electrons. The zero-order valence-corrected chi connectivity index (χ0v) is 29.8. The number of carbonyl (C=O) groups is 2. The molecule has 4 aromatic rings. The van der Waals surface area contributed by atoms with Crippen LogP contribution in [-0.2, 0) is 21.9 Å². The highest BCUT2D eigenvalue weighted by Gasteiger charge is 2.34. The number of alkyl halides is 6. The monoisotopic (exact) mass is 796 g/mol. The lowest BCUT2D eigenvalue weighted by molar-refractivity contribution is -0.385. The molecule has 0 aliphatic rings. The molecule has 0 bridgehead atoms. The summed E-state index contributed by atoms with van der Waals surface area (Å²) in [5, 5.41) is 47.0. The Labute approximate surface area is 314 Å². The number of halogens is 6. The fourth-order valence-corrected chi connectivity index (χ4v) is 4.47. The van der Waals surface area contributed by atoms with E-state index in [1.165, 1.54) is 64.1 Å². The van der Waals surface area contributed by atoms with E-state index in [9.17, 15) is 66.4 Å². The summed E-state index contributed by atoms with van der Waals surface area (Å²) in [4.78, 5) is 45.0. The molecule has 0 radical (unpaired) electrons. The summed E-state index contributed by atoms with van der Waals surface area (Å²) in [7, 11) is 0. The summed E-state index contributed by atoms with van der Waals surface area (Å²) in [6.07, 6.45) is -8.96. The number of anilines is 2. The highest BCUT2D eigenvalue weighted by atomic mass is 19.4. The van der Waals surface area contributed by atoms with E-state index in [0.29, 0.717) is 11.1 Å². The van der Waals surface area contributed by atoms with Crippen LogP contribution in [-0.4, -0.2) is 56.3 Å². The molecule has 0 aliphatic heterocycles. The number of carbonyl (C=O) groups excluding carboxylic acids is 2.